The number of hydrogen-bond acceptors (Lipinski definition) is 4. The number of phenols is 2. The topological polar surface area (TPSA) is 115 Å². The second-order valence-corrected chi connectivity index (χ2v) is 5.76. The molecular formula is C14H10Br2O6. The summed E-state index contributed by atoms with van der Waals surface area (Å²) in [5.74, 6) is -2.71. The maximum Gasteiger partial charge on any atom is 0.339 e. The van der Waals surface area contributed by atoms with Crippen LogP contribution in [0.2, 0.25) is 0 Å². The van der Waals surface area contributed by atoms with E-state index in [0.29, 0.717) is 8.95 Å². The molecule has 6 nitrogen and oxygen atoms in total. The van der Waals surface area contributed by atoms with E-state index in [2.05, 4.69) is 31.9 Å². The van der Waals surface area contributed by atoms with Crippen LogP contribution in [0.1, 0.15) is 20.7 Å². The van der Waals surface area contributed by atoms with E-state index in [9.17, 15) is 9.59 Å². The molecule has 0 aliphatic rings. The van der Waals surface area contributed by atoms with E-state index in [-0.39, 0.29) is 22.6 Å². The van der Waals surface area contributed by atoms with E-state index in [4.69, 9.17) is 20.4 Å². The highest BCUT2D eigenvalue weighted by Gasteiger charge is 2.09. The maximum absolute atomic E-state index is 10.4. The van der Waals surface area contributed by atoms with E-state index in [1.165, 1.54) is 24.3 Å². The Labute approximate surface area is 141 Å². The first kappa shape index (κ1) is 18.0. The third-order valence-corrected chi connectivity index (χ3v) is 3.36. The van der Waals surface area contributed by atoms with Crippen molar-refractivity contribution in [2.24, 2.45) is 0 Å². The van der Waals surface area contributed by atoms with Crippen molar-refractivity contribution < 1.29 is 30.0 Å². The second kappa shape index (κ2) is 7.81. The van der Waals surface area contributed by atoms with E-state index in [0.717, 1.165) is 0 Å². The van der Waals surface area contributed by atoms with Gasteiger partial charge in [0.25, 0.3) is 0 Å². The zero-order valence-corrected chi connectivity index (χ0v) is 14.0. The molecule has 116 valence electrons. The maximum atomic E-state index is 10.4. The fourth-order valence-corrected chi connectivity index (χ4v) is 2.08. The summed E-state index contributed by atoms with van der Waals surface area (Å²) < 4.78 is 1.26. The molecule has 0 saturated carbocycles. The van der Waals surface area contributed by atoms with Crippen LogP contribution in [0.4, 0.5) is 0 Å². The molecule has 0 unspecified atom stereocenters. The highest BCUT2D eigenvalue weighted by molar-refractivity contribution is 9.10. The minimum atomic E-state index is -1.14. The second-order valence-electron chi connectivity index (χ2n) is 3.93. The van der Waals surface area contributed by atoms with Crippen LogP contribution in [0.5, 0.6) is 11.5 Å². The highest BCUT2D eigenvalue weighted by Crippen LogP contribution is 2.22. The van der Waals surface area contributed by atoms with Crippen LogP contribution >= 0.6 is 31.9 Å². The number of rotatable bonds is 2. The molecule has 0 aliphatic carbocycles. The van der Waals surface area contributed by atoms with Crippen molar-refractivity contribution in [3.8, 4) is 11.5 Å². The number of carboxylic acid groups (broad SMARTS) is 2. The van der Waals surface area contributed by atoms with E-state index < -0.39 is 11.9 Å². The van der Waals surface area contributed by atoms with Gasteiger partial charge in [0.15, 0.2) is 0 Å². The van der Waals surface area contributed by atoms with Crippen LogP contribution in [0.15, 0.2) is 45.3 Å². The first-order chi connectivity index (χ1) is 10.2. The van der Waals surface area contributed by atoms with E-state index >= 15 is 0 Å². The molecule has 0 saturated heterocycles. The summed E-state index contributed by atoms with van der Waals surface area (Å²) in [6.45, 7) is 0. The van der Waals surface area contributed by atoms with Crippen molar-refractivity contribution in [2.45, 2.75) is 0 Å². The Morgan fingerprint density at radius 3 is 1.27 bits per heavy atom. The normalized spacial score (nSPS) is 9.55. The molecule has 2 rings (SSSR count). The van der Waals surface area contributed by atoms with Crippen LogP contribution in [0, 0.1) is 0 Å². The van der Waals surface area contributed by atoms with Crippen LogP contribution in [-0.4, -0.2) is 32.4 Å². The average Bonchev–Trinajstić information content (AvgIpc) is 2.44. The highest BCUT2D eigenvalue weighted by atomic mass is 79.9. The summed E-state index contributed by atoms with van der Waals surface area (Å²) in [7, 11) is 0. The Kier molecular flexibility index (Phi) is 6.39. The third kappa shape index (κ3) is 5.05. The van der Waals surface area contributed by atoms with Crippen molar-refractivity contribution in [2.75, 3.05) is 0 Å². The lowest BCUT2D eigenvalue weighted by atomic mass is 10.2. The van der Waals surface area contributed by atoms with Crippen molar-refractivity contribution in [3.05, 3.63) is 56.5 Å². The zero-order valence-electron chi connectivity index (χ0n) is 10.8. The summed E-state index contributed by atoms with van der Waals surface area (Å²) in [6.07, 6.45) is 0. The Hall–Kier alpha value is -2.06. The third-order valence-electron chi connectivity index (χ3n) is 2.38. The molecule has 0 aromatic heterocycles. The lowest BCUT2D eigenvalue weighted by Crippen LogP contribution is -1.95. The van der Waals surface area contributed by atoms with Gasteiger partial charge in [0.1, 0.15) is 22.6 Å². The quantitative estimate of drug-likeness (QED) is 0.573. The van der Waals surface area contributed by atoms with Gasteiger partial charge < -0.3 is 20.4 Å². The van der Waals surface area contributed by atoms with E-state index in [1.54, 1.807) is 12.1 Å². The van der Waals surface area contributed by atoms with Gasteiger partial charge in [-0.1, -0.05) is 31.9 Å². The standard InChI is InChI=1S/2C7H5BrO3/c2*8-4-1-2-6(9)5(3-4)7(10)11/h2*1-3,9H,(H,10,11). The molecule has 0 spiro atoms. The molecule has 0 radical (unpaired) electrons. The molecule has 0 aliphatic heterocycles. The predicted octanol–water partition coefficient (Wildman–Crippen LogP) is 3.71. The number of aromatic carboxylic acids is 2. The molecule has 2 aromatic carbocycles. The Morgan fingerprint density at radius 1 is 0.727 bits per heavy atom. The summed E-state index contributed by atoms with van der Waals surface area (Å²) in [5.41, 5.74) is -0.196. The number of benzene rings is 2. The number of carbonyl (C=O) groups is 2. The lowest BCUT2D eigenvalue weighted by Gasteiger charge is -1.98. The van der Waals surface area contributed by atoms with Crippen LogP contribution in [0.25, 0.3) is 0 Å². The Balaban J connectivity index is 0.000000220. The molecule has 0 amide bonds. The SMILES string of the molecule is O=C(O)c1cc(Br)ccc1O.O=C(O)c1cc(Br)ccc1O. The van der Waals surface area contributed by atoms with Gasteiger partial charge in [-0.15, -0.1) is 0 Å². The number of carboxylic acids is 2. The van der Waals surface area contributed by atoms with Crippen molar-refractivity contribution in [3.63, 3.8) is 0 Å². The first-order valence-corrected chi connectivity index (χ1v) is 7.24. The van der Waals surface area contributed by atoms with Gasteiger partial charge in [0.2, 0.25) is 0 Å². The predicted molar refractivity (Wildman–Crippen MR) is 85.5 cm³/mol. The van der Waals surface area contributed by atoms with Gasteiger partial charge >= 0.3 is 11.9 Å². The van der Waals surface area contributed by atoms with Gasteiger partial charge in [0, 0.05) is 8.95 Å². The van der Waals surface area contributed by atoms with Crippen molar-refractivity contribution >= 4 is 43.8 Å². The van der Waals surface area contributed by atoms with Gasteiger partial charge in [-0.2, -0.15) is 0 Å². The molecule has 0 fully saturated rings. The largest absolute Gasteiger partial charge is 0.507 e. The van der Waals surface area contributed by atoms with Gasteiger partial charge in [-0.3, -0.25) is 0 Å². The van der Waals surface area contributed by atoms with Crippen LogP contribution in [-0.2, 0) is 0 Å². The van der Waals surface area contributed by atoms with Crippen LogP contribution in [0.3, 0.4) is 0 Å². The summed E-state index contributed by atoms with van der Waals surface area (Å²) in [6, 6.07) is 8.49. The number of aromatic hydroxyl groups is 2. The minimum Gasteiger partial charge on any atom is -0.507 e. The summed E-state index contributed by atoms with van der Waals surface area (Å²) >= 11 is 6.18. The first-order valence-electron chi connectivity index (χ1n) is 5.66. The van der Waals surface area contributed by atoms with Crippen LogP contribution < -0.4 is 0 Å². The molecule has 0 atom stereocenters. The molecule has 0 bridgehead atoms. The van der Waals surface area contributed by atoms with Gasteiger partial charge in [-0.25, -0.2) is 9.59 Å². The van der Waals surface area contributed by atoms with E-state index in [1.807, 2.05) is 0 Å². The van der Waals surface area contributed by atoms with Gasteiger partial charge in [0.05, 0.1) is 0 Å². The van der Waals surface area contributed by atoms with Crippen molar-refractivity contribution in [1.82, 2.24) is 0 Å². The fraction of sp³-hybridized carbons (Fsp3) is 0. The molecule has 2 aromatic rings. The number of hydrogen-bond donors (Lipinski definition) is 4. The molecule has 0 heterocycles. The number of halogens is 2. The fourth-order valence-electron chi connectivity index (χ4n) is 1.36. The average molecular weight is 434 g/mol. The molecule has 8 heteroatoms. The lowest BCUT2D eigenvalue weighted by molar-refractivity contribution is 0.0682. The monoisotopic (exact) mass is 432 g/mol. The molecular weight excluding hydrogens is 424 g/mol. The minimum absolute atomic E-state index is 0.0978. The smallest absolute Gasteiger partial charge is 0.339 e. The molecule has 4 N–H and O–H groups in total. The molecule has 22 heavy (non-hydrogen) atoms. The zero-order chi connectivity index (χ0) is 16.9. The van der Waals surface area contributed by atoms with Gasteiger partial charge in [-0.05, 0) is 36.4 Å². The Bertz CT molecular complexity index is 653. The van der Waals surface area contributed by atoms with Crippen molar-refractivity contribution in [1.29, 1.82) is 0 Å². The Morgan fingerprint density at radius 2 is 1.05 bits per heavy atom. The summed E-state index contributed by atoms with van der Waals surface area (Å²) in [4.78, 5) is 20.8. The summed E-state index contributed by atoms with van der Waals surface area (Å²) in [5, 5.41) is 35.0.